The van der Waals surface area contributed by atoms with Gasteiger partial charge in [-0.25, -0.2) is 0 Å². The van der Waals surface area contributed by atoms with E-state index in [-0.39, 0.29) is 6.10 Å². The molecule has 64 valence electrons. The van der Waals surface area contributed by atoms with Crippen molar-refractivity contribution in [1.82, 2.24) is 4.98 Å². The zero-order valence-corrected chi connectivity index (χ0v) is 7.14. The third-order valence-electron chi connectivity index (χ3n) is 2.57. The normalized spacial score (nSPS) is 29.8. The molecule has 1 saturated carbocycles. The van der Waals surface area contributed by atoms with E-state index in [0.29, 0.717) is 11.8 Å². The number of hydrogen-bond donors (Lipinski definition) is 1. The molecule has 0 unspecified atom stereocenters. The summed E-state index contributed by atoms with van der Waals surface area (Å²) in [6.07, 6.45) is 4.62. The average Bonchev–Trinajstić information content (AvgIpc) is 2.84. The third-order valence-corrected chi connectivity index (χ3v) is 2.57. The zero-order chi connectivity index (χ0) is 8.55. The Labute approximate surface area is 72.3 Å². The third kappa shape index (κ3) is 1.34. The van der Waals surface area contributed by atoms with Crippen LogP contribution in [0, 0.1) is 5.92 Å². The molecule has 1 heterocycles. The number of aromatic nitrogens is 1. The van der Waals surface area contributed by atoms with Gasteiger partial charge in [0.1, 0.15) is 0 Å². The first-order chi connectivity index (χ1) is 5.79. The molecule has 2 nitrogen and oxygen atoms in total. The van der Waals surface area contributed by atoms with Gasteiger partial charge in [-0.1, -0.05) is 6.07 Å². The van der Waals surface area contributed by atoms with Crippen molar-refractivity contribution < 1.29 is 5.11 Å². The van der Waals surface area contributed by atoms with Crippen molar-refractivity contribution in [2.75, 3.05) is 0 Å². The number of aliphatic hydroxyl groups is 1. The van der Waals surface area contributed by atoms with Gasteiger partial charge < -0.3 is 5.11 Å². The molecule has 0 bridgehead atoms. The number of rotatable bonds is 2. The Morgan fingerprint density at radius 2 is 2.50 bits per heavy atom. The lowest BCUT2D eigenvalue weighted by atomic mass is 10.1. The predicted molar refractivity (Wildman–Crippen MR) is 46.8 cm³/mol. The molecule has 0 amide bonds. The van der Waals surface area contributed by atoms with E-state index < -0.39 is 0 Å². The monoisotopic (exact) mass is 163 g/mol. The SMILES string of the molecule is C[C@H](O)[C@@H]1C[C@@H]1c1cccnc1. The highest BCUT2D eigenvalue weighted by Crippen LogP contribution is 2.49. The quantitative estimate of drug-likeness (QED) is 0.717. The van der Waals surface area contributed by atoms with E-state index >= 15 is 0 Å². The predicted octanol–water partition coefficient (Wildman–Crippen LogP) is 1.57. The Bertz CT molecular complexity index is 258. The average molecular weight is 163 g/mol. The highest BCUT2D eigenvalue weighted by Gasteiger charge is 2.41. The summed E-state index contributed by atoms with van der Waals surface area (Å²) < 4.78 is 0. The van der Waals surface area contributed by atoms with Crippen molar-refractivity contribution in [3.05, 3.63) is 30.1 Å². The second-order valence-corrected chi connectivity index (χ2v) is 3.53. The summed E-state index contributed by atoms with van der Waals surface area (Å²) in [4.78, 5) is 4.06. The zero-order valence-electron chi connectivity index (χ0n) is 7.14. The molecule has 0 aromatic carbocycles. The van der Waals surface area contributed by atoms with Crippen LogP contribution in [0.1, 0.15) is 24.8 Å². The van der Waals surface area contributed by atoms with Gasteiger partial charge in [0.15, 0.2) is 0 Å². The number of nitrogens with zero attached hydrogens (tertiary/aromatic N) is 1. The van der Waals surface area contributed by atoms with Crippen LogP contribution < -0.4 is 0 Å². The molecular weight excluding hydrogens is 150 g/mol. The van der Waals surface area contributed by atoms with E-state index in [9.17, 15) is 5.11 Å². The fourth-order valence-corrected chi connectivity index (χ4v) is 1.73. The molecule has 2 heteroatoms. The molecule has 1 N–H and O–H groups in total. The molecule has 0 saturated heterocycles. The van der Waals surface area contributed by atoms with Gasteiger partial charge in [0, 0.05) is 12.4 Å². The fourth-order valence-electron chi connectivity index (χ4n) is 1.73. The van der Waals surface area contributed by atoms with Gasteiger partial charge in [0.05, 0.1) is 6.10 Å². The minimum absolute atomic E-state index is 0.171. The largest absolute Gasteiger partial charge is 0.393 e. The minimum atomic E-state index is -0.171. The van der Waals surface area contributed by atoms with Crippen LogP contribution in [-0.4, -0.2) is 16.2 Å². The van der Waals surface area contributed by atoms with Gasteiger partial charge >= 0.3 is 0 Å². The second-order valence-electron chi connectivity index (χ2n) is 3.53. The molecule has 1 aliphatic carbocycles. The molecule has 0 spiro atoms. The van der Waals surface area contributed by atoms with Crippen LogP contribution in [0.2, 0.25) is 0 Å². The maximum atomic E-state index is 9.30. The first-order valence-corrected chi connectivity index (χ1v) is 4.37. The van der Waals surface area contributed by atoms with Crippen molar-refractivity contribution in [3.8, 4) is 0 Å². The number of pyridine rings is 1. The van der Waals surface area contributed by atoms with Crippen LogP contribution in [0.4, 0.5) is 0 Å². The molecule has 2 rings (SSSR count). The second kappa shape index (κ2) is 2.87. The summed E-state index contributed by atoms with van der Waals surface area (Å²) >= 11 is 0. The highest BCUT2D eigenvalue weighted by atomic mass is 16.3. The van der Waals surface area contributed by atoms with Crippen LogP contribution in [0.5, 0.6) is 0 Å². The molecule has 1 aliphatic rings. The van der Waals surface area contributed by atoms with Crippen molar-refractivity contribution >= 4 is 0 Å². The minimum Gasteiger partial charge on any atom is -0.393 e. The van der Waals surface area contributed by atoms with Gasteiger partial charge in [0.2, 0.25) is 0 Å². The maximum absolute atomic E-state index is 9.30. The molecule has 0 radical (unpaired) electrons. The van der Waals surface area contributed by atoms with Crippen LogP contribution in [0.25, 0.3) is 0 Å². The molecule has 1 fully saturated rings. The van der Waals surface area contributed by atoms with E-state index in [1.165, 1.54) is 5.56 Å². The van der Waals surface area contributed by atoms with E-state index in [2.05, 4.69) is 11.1 Å². The van der Waals surface area contributed by atoms with E-state index in [1.54, 1.807) is 6.20 Å². The first kappa shape index (κ1) is 7.74. The van der Waals surface area contributed by atoms with E-state index in [1.807, 2.05) is 19.2 Å². The summed E-state index contributed by atoms with van der Waals surface area (Å²) in [5.74, 6) is 1.02. The Morgan fingerprint density at radius 3 is 3.00 bits per heavy atom. The van der Waals surface area contributed by atoms with E-state index in [4.69, 9.17) is 0 Å². The van der Waals surface area contributed by atoms with Gasteiger partial charge in [-0.2, -0.15) is 0 Å². The standard InChI is InChI=1S/C10H13NO/c1-7(12)9-5-10(9)8-3-2-4-11-6-8/h2-4,6-7,9-10,12H,5H2,1H3/t7-,9-,10+/m0/s1. The van der Waals surface area contributed by atoms with Gasteiger partial charge in [-0.05, 0) is 36.8 Å². The van der Waals surface area contributed by atoms with Gasteiger partial charge in [-0.15, -0.1) is 0 Å². The molecule has 1 aromatic heterocycles. The Balaban J connectivity index is 2.06. The fraction of sp³-hybridized carbons (Fsp3) is 0.500. The maximum Gasteiger partial charge on any atom is 0.0546 e. The first-order valence-electron chi connectivity index (χ1n) is 4.37. The smallest absolute Gasteiger partial charge is 0.0546 e. The highest BCUT2D eigenvalue weighted by molar-refractivity contribution is 5.22. The topological polar surface area (TPSA) is 33.1 Å². The van der Waals surface area contributed by atoms with Crippen LogP contribution in [0.3, 0.4) is 0 Å². The lowest BCUT2D eigenvalue weighted by molar-refractivity contribution is 0.169. The summed E-state index contributed by atoms with van der Waals surface area (Å²) in [7, 11) is 0. The van der Waals surface area contributed by atoms with E-state index in [0.717, 1.165) is 6.42 Å². The summed E-state index contributed by atoms with van der Waals surface area (Å²) in [6, 6.07) is 4.03. The Hall–Kier alpha value is -0.890. The van der Waals surface area contributed by atoms with Crippen molar-refractivity contribution in [2.24, 2.45) is 5.92 Å². The molecule has 12 heavy (non-hydrogen) atoms. The molecule has 0 aliphatic heterocycles. The molecule has 1 aromatic rings. The Morgan fingerprint density at radius 1 is 1.67 bits per heavy atom. The lowest BCUT2D eigenvalue weighted by Gasteiger charge is -2.01. The number of aliphatic hydroxyl groups excluding tert-OH is 1. The van der Waals surface area contributed by atoms with Crippen molar-refractivity contribution in [3.63, 3.8) is 0 Å². The lowest BCUT2D eigenvalue weighted by Crippen LogP contribution is -2.03. The van der Waals surface area contributed by atoms with Crippen LogP contribution in [-0.2, 0) is 0 Å². The van der Waals surface area contributed by atoms with Gasteiger partial charge in [-0.3, -0.25) is 4.98 Å². The molecule has 3 atom stereocenters. The molecular formula is C10H13NO. The Kier molecular flexibility index (Phi) is 1.85. The summed E-state index contributed by atoms with van der Waals surface area (Å²) in [6.45, 7) is 1.86. The van der Waals surface area contributed by atoms with Crippen LogP contribution >= 0.6 is 0 Å². The van der Waals surface area contributed by atoms with Crippen molar-refractivity contribution in [2.45, 2.75) is 25.4 Å². The van der Waals surface area contributed by atoms with Gasteiger partial charge in [0.25, 0.3) is 0 Å². The summed E-state index contributed by atoms with van der Waals surface area (Å²) in [5.41, 5.74) is 1.27. The van der Waals surface area contributed by atoms with Crippen LogP contribution in [0.15, 0.2) is 24.5 Å². The number of hydrogen-bond acceptors (Lipinski definition) is 2. The van der Waals surface area contributed by atoms with Crippen molar-refractivity contribution in [1.29, 1.82) is 0 Å². The summed E-state index contributed by atoms with van der Waals surface area (Å²) in [5, 5.41) is 9.30.